The number of hydrogen-bond acceptors (Lipinski definition) is 1. The van der Waals surface area contributed by atoms with E-state index in [-0.39, 0.29) is 0 Å². The van der Waals surface area contributed by atoms with Gasteiger partial charge < -0.3 is 5.11 Å². The molecule has 0 bridgehead atoms. The molecule has 13 heavy (non-hydrogen) atoms. The van der Waals surface area contributed by atoms with Crippen molar-refractivity contribution in [2.24, 2.45) is 5.92 Å². The van der Waals surface area contributed by atoms with Crippen LogP contribution in [-0.4, -0.2) is 10.7 Å². The Morgan fingerprint density at radius 2 is 2.08 bits per heavy atom. The maximum absolute atomic E-state index is 9.90. The molecule has 1 rings (SSSR count). The van der Waals surface area contributed by atoms with Crippen molar-refractivity contribution in [2.75, 3.05) is 0 Å². The molecule has 0 aromatic rings. The summed E-state index contributed by atoms with van der Waals surface area (Å²) in [4.78, 5) is 0. The third-order valence-corrected chi connectivity index (χ3v) is 3.15. The summed E-state index contributed by atoms with van der Waals surface area (Å²) in [5.41, 5.74) is -0.510. The van der Waals surface area contributed by atoms with E-state index in [1.807, 2.05) is 13.0 Å². The summed E-state index contributed by atoms with van der Waals surface area (Å²) < 4.78 is 0. The largest absolute Gasteiger partial charge is 0.390 e. The molecule has 0 aromatic heterocycles. The second-order valence-electron chi connectivity index (χ2n) is 4.68. The molecule has 1 heteroatoms. The van der Waals surface area contributed by atoms with Crippen molar-refractivity contribution in [3.8, 4) is 0 Å². The van der Waals surface area contributed by atoms with Crippen molar-refractivity contribution in [3.63, 3.8) is 0 Å². The van der Waals surface area contributed by atoms with Crippen LogP contribution in [0.4, 0.5) is 0 Å². The fraction of sp³-hybridized carbons (Fsp3) is 0.833. The van der Waals surface area contributed by atoms with Gasteiger partial charge in [0.1, 0.15) is 0 Å². The van der Waals surface area contributed by atoms with Crippen molar-refractivity contribution in [3.05, 3.63) is 12.7 Å². The van der Waals surface area contributed by atoms with Crippen LogP contribution in [0.15, 0.2) is 12.7 Å². The van der Waals surface area contributed by atoms with Gasteiger partial charge >= 0.3 is 0 Å². The Kier molecular flexibility index (Phi) is 3.98. The minimum Gasteiger partial charge on any atom is -0.390 e. The average Bonchev–Trinajstić information content (AvgIpc) is 2.52. The van der Waals surface area contributed by atoms with E-state index < -0.39 is 5.60 Å². The monoisotopic (exact) mass is 182 g/mol. The number of aliphatic hydroxyl groups is 1. The first-order chi connectivity index (χ1) is 6.14. The fourth-order valence-electron chi connectivity index (χ4n) is 2.23. The molecule has 0 aromatic carbocycles. The Hall–Kier alpha value is -0.300. The van der Waals surface area contributed by atoms with Gasteiger partial charge in [-0.15, -0.1) is 6.58 Å². The van der Waals surface area contributed by atoms with Gasteiger partial charge in [0.25, 0.3) is 0 Å². The molecule has 0 saturated heterocycles. The van der Waals surface area contributed by atoms with Crippen LogP contribution in [0.1, 0.15) is 51.9 Å². The first-order valence-electron chi connectivity index (χ1n) is 5.47. The molecule has 1 nitrogen and oxygen atoms in total. The summed E-state index contributed by atoms with van der Waals surface area (Å²) in [6, 6.07) is 0. The quantitative estimate of drug-likeness (QED) is 0.647. The van der Waals surface area contributed by atoms with Gasteiger partial charge in [-0.25, -0.2) is 0 Å². The highest BCUT2D eigenvalue weighted by Gasteiger charge is 2.22. The molecule has 1 saturated carbocycles. The Morgan fingerprint density at radius 1 is 1.46 bits per heavy atom. The summed E-state index contributed by atoms with van der Waals surface area (Å²) >= 11 is 0. The standard InChI is InChI=1S/C12H22O/c1-3-9-12(2,13)10-8-11-6-4-5-7-11/h3,11,13H,1,4-10H2,2H3/t12-/m1/s1. The van der Waals surface area contributed by atoms with Gasteiger partial charge in [0.15, 0.2) is 0 Å². The summed E-state index contributed by atoms with van der Waals surface area (Å²) in [5, 5.41) is 9.90. The van der Waals surface area contributed by atoms with Gasteiger partial charge in [-0.1, -0.05) is 31.8 Å². The number of hydrogen-bond donors (Lipinski definition) is 1. The third-order valence-electron chi connectivity index (χ3n) is 3.15. The van der Waals surface area contributed by atoms with Crippen molar-refractivity contribution in [1.82, 2.24) is 0 Å². The van der Waals surface area contributed by atoms with E-state index in [4.69, 9.17) is 0 Å². The molecule has 0 heterocycles. The highest BCUT2D eigenvalue weighted by atomic mass is 16.3. The minimum atomic E-state index is -0.510. The van der Waals surface area contributed by atoms with Crippen LogP contribution in [0.25, 0.3) is 0 Å². The smallest absolute Gasteiger partial charge is 0.0654 e. The minimum absolute atomic E-state index is 0.510. The van der Waals surface area contributed by atoms with Crippen LogP contribution in [0.2, 0.25) is 0 Å². The zero-order chi connectivity index (χ0) is 9.73. The van der Waals surface area contributed by atoms with E-state index in [0.717, 1.165) is 18.8 Å². The average molecular weight is 182 g/mol. The van der Waals surface area contributed by atoms with Crippen LogP contribution in [0.5, 0.6) is 0 Å². The summed E-state index contributed by atoms with van der Waals surface area (Å²) in [6.45, 7) is 5.59. The lowest BCUT2D eigenvalue weighted by molar-refractivity contribution is 0.0473. The highest BCUT2D eigenvalue weighted by Crippen LogP contribution is 2.31. The number of rotatable bonds is 5. The molecule has 0 unspecified atom stereocenters. The molecule has 1 aliphatic rings. The second kappa shape index (κ2) is 4.80. The fourth-order valence-corrected chi connectivity index (χ4v) is 2.23. The highest BCUT2D eigenvalue weighted by molar-refractivity contribution is 4.83. The van der Waals surface area contributed by atoms with Gasteiger partial charge in [-0.3, -0.25) is 0 Å². The van der Waals surface area contributed by atoms with Crippen LogP contribution in [0, 0.1) is 5.92 Å². The molecule has 0 radical (unpaired) electrons. The maximum atomic E-state index is 9.90. The van der Waals surface area contributed by atoms with Gasteiger partial charge in [-0.05, 0) is 32.1 Å². The first kappa shape index (κ1) is 10.8. The normalized spacial score (nSPS) is 22.9. The Labute approximate surface area is 81.9 Å². The van der Waals surface area contributed by atoms with Crippen molar-refractivity contribution >= 4 is 0 Å². The third kappa shape index (κ3) is 3.95. The topological polar surface area (TPSA) is 20.2 Å². The van der Waals surface area contributed by atoms with Crippen molar-refractivity contribution in [1.29, 1.82) is 0 Å². The molecule has 0 amide bonds. The lowest BCUT2D eigenvalue weighted by Gasteiger charge is -2.23. The van der Waals surface area contributed by atoms with Crippen LogP contribution in [-0.2, 0) is 0 Å². The van der Waals surface area contributed by atoms with E-state index in [0.29, 0.717) is 0 Å². The predicted molar refractivity (Wildman–Crippen MR) is 56.6 cm³/mol. The van der Waals surface area contributed by atoms with Crippen molar-refractivity contribution < 1.29 is 5.11 Å². The molecule has 76 valence electrons. The van der Waals surface area contributed by atoms with Gasteiger partial charge in [0.2, 0.25) is 0 Å². The van der Waals surface area contributed by atoms with Gasteiger partial charge in [-0.2, -0.15) is 0 Å². The molecule has 1 N–H and O–H groups in total. The van der Waals surface area contributed by atoms with Crippen molar-refractivity contribution in [2.45, 2.75) is 57.5 Å². The first-order valence-corrected chi connectivity index (χ1v) is 5.47. The second-order valence-corrected chi connectivity index (χ2v) is 4.68. The van der Waals surface area contributed by atoms with E-state index >= 15 is 0 Å². The van der Waals surface area contributed by atoms with E-state index in [2.05, 4.69) is 6.58 Å². The molecule has 1 fully saturated rings. The van der Waals surface area contributed by atoms with Crippen LogP contribution >= 0.6 is 0 Å². The molecule has 0 spiro atoms. The van der Waals surface area contributed by atoms with E-state index in [9.17, 15) is 5.11 Å². The summed E-state index contributed by atoms with van der Waals surface area (Å²) in [7, 11) is 0. The van der Waals surface area contributed by atoms with E-state index in [1.165, 1.54) is 32.1 Å². The van der Waals surface area contributed by atoms with E-state index in [1.54, 1.807) is 0 Å². The Bertz CT molecular complexity index is 155. The molecular weight excluding hydrogens is 160 g/mol. The van der Waals surface area contributed by atoms with Gasteiger partial charge in [0.05, 0.1) is 5.60 Å². The van der Waals surface area contributed by atoms with Crippen LogP contribution < -0.4 is 0 Å². The zero-order valence-corrected chi connectivity index (χ0v) is 8.76. The molecule has 1 atom stereocenters. The SMILES string of the molecule is C=CC[C@@](C)(O)CCC1CCCC1. The maximum Gasteiger partial charge on any atom is 0.0654 e. The zero-order valence-electron chi connectivity index (χ0n) is 8.76. The van der Waals surface area contributed by atoms with Gasteiger partial charge in [0, 0.05) is 0 Å². The summed E-state index contributed by atoms with van der Waals surface area (Å²) in [6.07, 6.45) is 10.2. The Balaban J connectivity index is 2.19. The molecule has 0 aliphatic heterocycles. The lowest BCUT2D eigenvalue weighted by atomic mass is 9.90. The predicted octanol–water partition coefficient (Wildman–Crippen LogP) is 3.28. The lowest BCUT2D eigenvalue weighted by Crippen LogP contribution is -2.23. The molecule has 1 aliphatic carbocycles. The van der Waals surface area contributed by atoms with Crippen LogP contribution in [0.3, 0.4) is 0 Å². The Morgan fingerprint density at radius 3 is 2.62 bits per heavy atom. The molecular formula is C12H22O. The summed E-state index contributed by atoms with van der Waals surface area (Å²) in [5.74, 6) is 0.885.